The van der Waals surface area contributed by atoms with Crippen LogP contribution in [0.4, 0.5) is 0 Å². The molecule has 0 spiro atoms. The highest BCUT2D eigenvalue weighted by atomic mass is 16.5. The molecular formula is C14H20N4O3. The molecule has 0 N–H and O–H groups in total. The number of ether oxygens (including phenoxy) is 1. The van der Waals surface area contributed by atoms with Crippen molar-refractivity contribution in [3.63, 3.8) is 0 Å². The lowest BCUT2D eigenvalue weighted by atomic mass is 10.4. The molecule has 0 aliphatic carbocycles. The summed E-state index contributed by atoms with van der Waals surface area (Å²) in [5.74, 6) is -0.248. The minimum Gasteiger partial charge on any atom is -0.465 e. The van der Waals surface area contributed by atoms with E-state index in [1.807, 2.05) is 17.9 Å². The Morgan fingerprint density at radius 2 is 2.19 bits per heavy atom. The second-order valence-corrected chi connectivity index (χ2v) is 4.61. The molecule has 0 amide bonds. The van der Waals surface area contributed by atoms with E-state index in [-0.39, 0.29) is 18.2 Å². The van der Waals surface area contributed by atoms with Crippen LogP contribution < -0.4 is 5.69 Å². The molecule has 114 valence electrons. The number of aromatic nitrogens is 3. The summed E-state index contributed by atoms with van der Waals surface area (Å²) in [6.07, 6.45) is 1.69. The van der Waals surface area contributed by atoms with Crippen molar-refractivity contribution in [2.24, 2.45) is 0 Å². The molecule has 0 aromatic carbocycles. The number of rotatable bonds is 7. The molecule has 2 aromatic heterocycles. The summed E-state index contributed by atoms with van der Waals surface area (Å²) in [5.41, 5.74) is 0.453. The van der Waals surface area contributed by atoms with Gasteiger partial charge in [0.15, 0.2) is 5.65 Å². The number of nitrogens with zero attached hydrogens (tertiary/aromatic N) is 4. The molecule has 0 aliphatic heterocycles. The zero-order chi connectivity index (χ0) is 15.2. The number of likely N-dealkylation sites (N-methyl/N-ethyl adjacent to an activating group) is 1. The van der Waals surface area contributed by atoms with Crippen molar-refractivity contribution in [3.8, 4) is 0 Å². The molecule has 7 heteroatoms. The average molecular weight is 292 g/mol. The van der Waals surface area contributed by atoms with Crippen molar-refractivity contribution in [2.45, 2.75) is 20.4 Å². The van der Waals surface area contributed by atoms with Crippen LogP contribution in [0.3, 0.4) is 0 Å². The Morgan fingerprint density at radius 1 is 1.38 bits per heavy atom. The first-order valence-corrected chi connectivity index (χ1v) is 7.08. The van der Waals surface area contributed by atoms with Crippen molar-refractivity contribution in [1.29, 1.82) is 0 Å². The van der Waals surface area contributed by atoms with Gasteiger partial charge in [0.2, 0.25) is 0 Å². The first kappa shape index (κ1) is 15.2. The maximum Gasteiger partial charge on any atom is 0.350 e. The average Bonchev–Trinajstić information content (AvgIpc) is 2.81. The Kier molecular flexibility index (Phi) is 5.10. The number of hydrogen-bond acceptors (Lipinski definition) is 5. The number of hydrogen-bond donors (Lipinski definition) is 0. The van der Waals surface area contributed by atoms with E-state index in [4.69, 9.17) is 4.74 Å². The topological polar surface area (TPSA) is 68.8 Å². The highest BCUT2D eigenvalue weighted by molar-refractivity contribution is 5.71. The van der Waals surface area contributed by atoms with Gasteiger partial charge in [-0.2, -0.15) is 0 Å². The largest absolute Gasteiger partial charge is 0.465 e. The van der Waals surface area contributed by atoms with Crippen molar-refractivity contribution >= 4 is 11.6 Å². The lowest BCUT2D eigenvalue weighted by molar-refractivity contribution is -0.144. The van der Waals surface area contributed by atoms with Crippen LogP contribution in [0.5, 0.6) is 0 Å². The molecule has 0 bridgehead atoms. The second kappa shape index (κ2) is 7.03. The first-order valence-electron chi connectivity index (χ1n) is 7.08. The molecule has 0 saturated heterocycles. The van der Waals surface area contributed by atoms with Gasteiger partial charge in [0.25, 0.3) is 0 Å². The second-order valence-electron chi connectivity index (χ2n) is 4.61. The Hall–Kier alpha value is -2.15. The summed E-state index contributed by atoms with van der Waals surface area (Å²) in [6.45, 7) is 6.07. The van der Waals surface area contributed by atoms with Gasteiger partial charge in [-0.1, -0.05) is 13.0 Å². The van der Waals surface area contributed by atoms with Crippen molar-refractivity contribution in [2.75, 3.05) is 26.2 Å². The Labute approximate surface area is 122 Å². The fraction of sp³-hybridized carbons (Fsp3) is 0.500. The Balaban J connectivity index is 2.01. The van der Waals surface area contributed by atoms with Crippen LogP contribution in [0.15, 0.2) is 29.2 Å². The Morgan fingerprint density at radius 3 is 2.86 bits per heavy atom. The highest BCUT2D eigenvalue weighted by Crippen LogP contribution is 1.96. The summed E-state index contributed by atoms with van der Waals surface area (Å²) >= 11 is 0. The predicted octanol–water partition coefficient (Wildman–Crippen LogP) is 0.381. The minimum atomic E-state index is -0.248. The molecule has 2 heterocycles. The third kappa shape index (κ3) is 3.69. The number of carbonyl (C=O) groups excluding carboxylic acids is 1. The molecule has 7 nitrogen and oxygen atoms in total. The smallest absolute Gasteiger partial charge is 0.350 e. The number of esters is 1. The fourth-order valence-corrected chi connectivity index (χ4v) is 2.09. The summed E-state index contributed by atoms with van der Waals surface area (Å²) < 4.78 is 7.85. The Bertz CT molecular complexity index is 662. The molecule has 0 unspecified atom stereocenters. The molecular weight excluding hydrogens is 272 g/mol. The van der Waals surface area contributed by atoms with Crippen molar-refractivity contribution in [1.82, 2.24) is 19.1 Å². The van der Waals surface area contributed by atoms with Gasteiger partial charge in [-0.15, -0.1) is 5.10 Å². The van der Waals surface area contributed by atoms with Gasteiger partial charge >= 0.3 is 11.7 Å². The van der Waals surface area contributed by atoms with E-state index in [0.29, 0.717) is 31.9 Å². The maximum absolute atomic E-state index is 12.1. The van der Waals surface area contributed by atoms with Gasteiger partial charge < -0.3 is 4.74 Å². The number of pyridine rings is 1. The highest BCUT2D eigenvalue weighted by Gasteiger charge is 2.11. The lowest BCUT2D eigenvalue weighted by Crippen LogP contribution is -2.35. The standard InChI is InChI=1S/C14H20N4O3/c1-3-16(11-13(19)21-4-2)9-10-18-14(20)17-8-6-5-7-12(17)15-18/h5-8H,3-4,9-11H2,1-2H3. The van der Waals surface area contributed by atoms with Crippen molar-refractivity contribution in [3.05, 3.63) is 34.9 Å². The van der Waals surface area contributed by atoms with E-state index in [9.17, 15) is 9.59 Å². The van der Waals surface area contributed by atoms with E-state index in [0.717, 1.165) is 0 Å². The molecule has 2 rings (SSSR count). The predicted molar refractivity (Wildman–Crippen MR) is 78.2 cm³/mol. The fourth-order valence-electron chi connectivity index (χ4n) is 2.09. The molecule has 0 radical (unpaired) electrons. The van der Waals surface area contributed by atoms with Gasteiger partial charge in [0, 0.05) is 12.7 Å². The summed E-state index contributed by atoms with van der Waals surface area (Å²) in [6, 6.07) is 5.42. The quantitative estimate of drug-likeness (QED) is 0.690. The van der Waals surface area contributed by atoms with Gasteiger partial charge in [0.1, 0.15) is 0 Å². The SMILES string of the molecule is CCOC(=O)CN(CC)CCn1nc2ccccn2c1=O. The minimum absolute atomic E-state index is 0.169. The summed E-state index contributed by atoms with van der Waals surface area (Å²) in [4.78, 5) is 25.5. The van der Waals surface area contributed by atoms with Gasteiger partial charge in [-0.25, -0.2) is 9.48 Å². The van der Waals surface area contributed by atoms with E-state index < -0.39 is 0 Å². The van der Waals surface area contributed by atoms with Gasteiger partial charge in [0.05, 0.1) is 19.7 Å². The van der Waals surface area contributed by atoms with Crippen LogP contribution in [0.2, 0.25) is 0 Å². The summed E-state index contributed by atoms with van der Waals surface area (Å²) in [5, 5.41) is 4.26. The van der Waals surface area contributed by atoms with E-state index in [2.05, 4.69) is 5.10 Å². The summed E-state index contributed by atoms with van der Waals surface area (Å²) in [7, 11) is 0. The van der Waals surface area contributed by atoms with Gasteiger partial charge in [-0.3, -0.25) is 14.1 Å². The molecule has 0 atom stereocenters. The van der Waals surface area contributed by atoms with Crippen LogP contribution in [0.1, 0.15) is 13.8 Å². The monoisotopic (exact) mass is 292 g/mol. The van der Waals surface area contributed by atoms with Crippen LogP contribution in [0, 0.1) is 0 Å². The van der Waals surface area contributed by atoms with Crippen LogP contribution in [-0.4, -0.2) is 51.3 Å². The van der Waals surface area contributed by atoms with Crippen molar-refractivity contribution < 1.29 is 9.53 Å². The van der Waals surface area contributed by atoms with E-state index >= 15 is 0 Å². The van der Waals surface area contributed by atoms with Gasteiger partial charge in [-0.05, 0) is 25.6 Å². The van der Waals surface area contributed by atoms with Crippen LogP contribution in [-0.2, 0) is 16.1 Å². The molecule has 2 aromatic rings. The third-order valence-corrected chi connectivity index (χ3v) is 3.22. The van der Waals surface area contributed by atoms with E-state index in [1.54, 1.807) is 25.3 Å². The normalized spacial score (nSPS) is 11.2. The lowest BCUT2D eigenvalue weighted by Gasteiger charge is -2.18. The molecule has 0 fully saturated rings. The molecule has 0 saturated carbocycles. The molecule has 0 aliphatic rings. The first-order chi connectivity index (χ1) is 10.2. The number of fused-ring (bicyclic) bond motifs is 1. The van der Waals surface area contributed by atoms with Crippen LogP contribution >= 0.6 is 0 Å². The van der Waals surface area contributed by atoms with Crippen LogP contribution in [0.25, 0.3) is 5.65 Å². The zero-order valence-electron chi connectivity index (χ0n) is 12.4. The zero-order valence-corrected chi connectivity index (χ0v) is 12.4. The number of carbonyl (C=O) groups is 1. The van der Waals surface area contributed by atoms with E-state index in [1.165, 1.54) is 9.08 Å². The maximum atomic E-state index is 12.1. The third-order valence-electron chi connectivity index (χ3n) is 3.22. The molecule has 21 heavy (non-hydrogen) atoms.